The van der Waals surface area contributed by atoms with Gasteiger partial charge in [0, 0.05) is 18.3 Å². The summed E-state index contributed by atoms with van der Waals surface area (Å²) in [5, 5.41) is 0. The fourth-order valence-electron chi connectivity index (χ4n) is 2.44. The fourth-order valence-corrected chi connectivity index (χ4v) is 2.44. The lowest BCUT2D eigenvalue weighted by atomic mass is 10.1. The van der Waals surface area contributed by atoms with Gasteiger partial charge in [-0.15, -0.1) is 0 Å². The van der Waals surface area contributed by atoms with Gasteiger partial charge < -0.3 is 10.5 Å². The summed E-state index contributed by atoms with van der Waals surface area (Å²) in [6.07, 6.45) is 3.11. The predicted octanol–water partition coefficient (Wildman–Crippen LogP) is 1.94. The largest absolute Gasteiger partial charge is 0.398 e. The molecule has 0 saturated heterocycles. The summed E-state index contributed by atoms with van der Waals surface area (Å²) in [4.78, 5) is 4.62. The van der Waals surface area contributed by atoms with Crippen molar-refractivity contribution in [2.45, 2.75) is 32.5 Å². The Balaban J connectivity index is 2.27. The number of ether oxygens (including phenoxy) is 1. The van der Waals surface area contributed by atoms with E-state index < -0.39 is 0 Å². The van der Waals surface area contributed by atoms with Crippen LogP contribution in [0.15, 0.2) is 18.3 Å². The van der Waals surface area contributed by atoms with E-state index in [0.717, 1.165) is 29.1 Å². The van der Waals surface area contributed by atoms with Gasteiger partial charge in [0.1, 0.15) is 5.65 Å². The molecular weight excluding hydrogens is 202 g/mol. The Morgan fingerprint density at radius 2 is 2.25 bits per heavy atom. The standard InChI is InChI=1S/C12H15N3O/c1-7-5-10-12(8(2)16-7)15-6-9(13)3-4-11(15)14-10/h3-4,6-8H,5,13H2,1-2H3. The number of rotatable bonds is 0. The van der Waals surface area contributed by atoms with Crippen LogP contribution in [0, 0.1) is 0 Å². The molecule has 1 aliphatic rings. The topological polar surface area (TPSA) is 52.5 Å². The van der Waals surface area contributed by atoms with Crippen molar-refractivity contribution in [3.63, 3.8) is 0 Å². The molecule has 2 atom stereocenters. The van der Waals surface area contributed by atoms with Crippen molar-refractivity contribution in [3.05, 3.63) is 29.7 Å². The first-order chi connectivity index (χ1) is 7.65. The molecule has 4 heteroatoms. The van der Waals surface area contributed by atoms with Crippen molar-refractivity contribution in [2.75, 3.05) is 5.73 Å². The molecule has 0 bridgehead atoms. The highest BCUT2D eigenvalue weighted by molar-refractivity contribution is 5.51. The summed E-state index contributed by atoms with van der Waals surface area (Å²) in [5.41, 5.74) is 9.77. The zero-order chi connectivity index (χ0) is 11.3. The zero-order valence-electron chi connectivity index (χ0n) is 9.47. The molecule has 0 fully saturated rings. The van der Waals surface area contributed by atoms with Gasteiger partial charge in [-0.05, 0) is 26.0 Å². The second kappa shape index (κ2) is 3.22. The molecule has 0 aliphatic carbocycles. The van der Waals surface area contributed by atoms with Crippen LogP contribution in [0.2, 0.25) is 0 Å². The van der Waals surface area contributed by atoms with Crippen LogP contribution in [0.25, 0.3) is 5.65 Å². The number of hydrogen-bond donors (Lipinski definition) is 1. The van der Waals surface area contributed by atoms with Crippen LogP contribution in [0.4, 0.5) is 5.69 Å². The van der Waals surface area contributed by atoms with Gasteiger partial charge in [-0.2, -0.15) is 0 Å². The Morgan fingerprint density at radius 1 is 1.44 bits per heavy atom. The van der Waals surface area contributed by atoms with E-state index in [9.17, 15) is 0 Å². The minimum absolute atomic E-state index is 0.0792. The Labute approximate surface area is 94.0 Å². The number of hydrogen-bond acceptors (Lipinski definition) is 3. The number of anilines is 1. The van der Waals surface area contributed by atoms with E-state index >= 15 is 0 Å². The van der Waals surface area contributed by atoms with Crippen LogP contribution in [0.3, 0.4) is 0 Å². The first kappa shape index (κ1) is 9.66. The van der Waals surface area contributed by atoms with E-state index in [-0.39, 0.29) is 12.2 Å². The van der Waals surface area contributed by atoms with E-state index in [2.05, 4.69) is 18.8 Å². The molecule has 0 radical (unpaired) electrons. The maximum Gasteiger partial charge on any atom is 0.137 e. The molecule has 4 nitrogen and oxygen atoms in total. The third-order valence-corrected chi connectivity index (χ3v) is 3.06. The molecule has 84 valence electrons. The number of fused-ring (bicyclic) bond motifs is 3. The third-order valence-electron chi connectivity index (χ3n) is 3.06. The Kier molecular flexibility index (Phi) is 1.94. The highest BCUT2D eigenvalue weighted by atomic mass is 16.5. The van der Waals surface area contributed by atoms with Crippen LogP contribution < -0.4 is 5.73 Å². The normalized spacial score (nSPS) is 24.6. The minimum atomic E-state index is 0.0792. The van der Waals surface area contributed by atoms with E-state index in [4.69, 9.17) is 10.5 Å². The molecule has 2 aromatic heterocycles. The van der Waals surface area contributed by atoms with Gasteiger partial charge in [-0.1, -0.05) is 0 Å². The maximum atomic E-state index is 5.82. The van der Waals surface area contributed by atoms with Gasteiger partial charge in [0.25, 0.3) is 0 Å². The van der Waals surface area contributed by atoms with E-state index in [1.54, 1.807) is 0 Å². The SMILES string of the molecule is CC1Cc2nc3ccc(N)cn3c2C(C)O1. The van der Waals surface area contributed by atoms with Crippen molar-refractivity contribution in [2.24, 2.45) is 0 Å². The molecule has 1 aliphatic heterocycles. The van der Waals surface area contributed by atoms with Gasteiger partial charge >= 0.3 is 0 Å². The van der Waals surface area contributed by atoms with Crippen LogP contribution in [0.1, 0.15) is 31.3 Å². The Morgan fingerprint density at radius 3 is 3.06 bits per heavy atom. The predicted molar refractivity (Wildman–Crippen MR) is 62.3 cm³/mol. The van der Waals surface area contributed by atoms with Gasteiger partial charge in [0.2, 0.25) is 0 Å². The highest BCUT2D eigenvalue weighted by Gasteiger charge is 2.26. The zero-order valence-corrected chi connectivity index (χ0v) is 9.47. The summed E-state index contributed by atoms with van der Waals surface area (Å²) in [7, 11) is 0. The average Bonchev–Trinajstić information content (AvgIpc) is 2.54. The molecule has 16 heavy (non-hydrogen) atoms. The number of nitrogens with two attached hydrogens (primary N) is 1. The lowest BCUT2D eigenvalue weighted by molar-refractivity contribution is -0.00832. The smallest absolute Gasteiger partial charge is 0.137 e. The second-order valence-corrected chi connectivity index (χ2v) is 4.43. The van der Waals surface area contributed by atoms with Gasteiger partial charge in [-0.3, -0.25) is 4.40 Å². The second-order valence-electron chi connectivity index (χ2n) is 4.43. The molecule has 3 heterocycles. The first-order valence-corrected chi connectivity index (χ1v) is 5.57. The van der Waals surface area contributed by atoms with Crippen LogP contribution in [-0.2, 0) is 11.2 Å². The first-order valence-electron chi connectivity index (χ1n) is 5.57. The lowest BCUT2D eigenvalue weighted by Gasteiger charge is -2.25. The van der Waals surface area contributed by atoms with Crippen molar-refractivity contribution in [3.8, 4) is 0 Å². The summed E-state index contributed by atoms with van der Waals surface area (Å²) in [6, 6.07) is 3.83. The third kappa shape index (κ3) is 1.30. The fraction of sp³-hybridized carbons (Fsp3) is 0.417. The van der Waals surface area contributed by atoms with Gasteiger partial charge in [0.05, 0.1) is 23.6 Å². The quantitative estimate of drug-likeness (QED) is 0.733. The van der Waals surface area contributed by atoms with Crippen LogP contribution in [-0.4, -0.2) is 15.5 Å². The number of nitrogens with zero attached hydrogens (tertiary/aromatic N) is 2. The van der Waals surface area contributed by atoms with E-state index in [1.165, 1.54) is 0 Å². The summed E-state index contributed by atoms with van der Waals surface area (Å²) in [5.74, 6) is 0. The Bertz CT molecular complexity index is 546. The highest BCUT2D eigenvalue weighted by Crippen LogP contribution is 2.30. The monoisotopic (exact) mass is 217 g/mol. The number of aromatic nitrogens is 2. The molecule has 2 N–H and O–H groups in total. The van der Waals surface area contributed by atoms with E-state index in [1.807, 2.05) is 22.7 Å². The van der Waals surface area contributed by atoms with Gasteiger partial charge in [0.15, 0.2) is 0 Å². The maximum absolute atomic E-state index is 5.82. The number of imidazole rings is 1. The molecule has 3 rings (SSSR count). The van der Waals surface area contributed by atoms with Crippen LogP contribution >= 0.6 is 0 Å². The molecule has 0 aromatic carbocycles. The van der Waals surface area contributed by atoms with Crippen molar-refractivity contribution in [1.82, 2.24) is 9.38 Å². The lowest BCUT2D eigenvalue weighted by Crippen LogP contribution is -2.22. The van der Waals surface area contributed by atoms with Crippen molar-refractivity contribution < 1.29 is 4.74 Å². The molecule has 0 amide bonds. The van der Waals surface area contributed by atoms with Gasteiger partial charge in [-0.25, -0.2) is 4.98 Å². The molecule has 0 spiro atoms. The van der Waals surface area contributed by atoms with Crippen molar-refractivity contribution in [1.29, 1.82) is 0 Å². The number of nitrogen functional groups attached to an aromatic ring is 1. The molecule has 2 aromatic rings. The van der Waals surface area contributed by atoms with Crippen molar-refractivity contribution >= 4 is 11.3 Å². The Hall–Kier alpha value is -1.55. The summed E-state index contributed by atoms with van der Waals surface area (Å²) in [6.45, 7) is 4.14. The number of pyridine rings is 1. The average molecular weight is 217 g/mol. The molecule has 0 saturated carbocycles. The summed E-state index contributed by atoms with van der Waals surface area (Å²) < 4.78 is 7.86. The minimum Gasteiger partial charge on any atom is -0.398 e. The summed E-state index contributed by atoms with van der Waals surface area (Å²) >= 11 is 0. The van der Waals surface area contributed by atoms with Crippen LogP contribution in [0.5, 0.6) is 0 Å². The molecular formula is C12H15N3O. The van der Waals surface area contributed by atoms with E-state index in [0.29, 0.717) is 0 Å². The molecule has 2 unspecified atom stereocenters.